The lowest BCUT2D eigenvalue weighted by Crippen LogP contribution is -2.09. The molecule has 2 aromatic rings. The van der Waals surface area contributed by atoms with Gasteiger partial charge in [0.2, 0.25) is 0 Å². The Morgan fingerprint density at radius 3 is 2.24 bits per heavy atom. The van der Waals surface area contributed by atoms with Crippen LogP contribution in [0.4, 0.5) is 13.2 Å². The van der Waals surface area contributed by atoms with Gasteiger partial charge in [-0.1, -0.05) is 38.3 Å². The monoisotopic (exact) mass is 348 g/mol. The van der Waals surface area contributed by atoms with Crippen molar-refractivity contribution in [2.45, 2.75) is 51.6 Å². The topological polar surface area (TPSA) is 9.23 Å². The Labute approximate surface area is 146 Å². The standard InChI is InChI=1S/C21H23F3O/c1-2-3-4-5-12-25-18-9-11-20-16(14-18)7-6-15-13-17(21(22,23)24)8-10-19(15)20/h8-11,13-14H,2-7,12H2,1H3. The van der Waals surface area contributed by atoms with Gasteiger partial charge >= 0.3 is 6.18 Å². The zero-order valence-corrected chi connectivity index (χ0v) is 14.5. The molecule has 0 spiro atoms. The van der Waals surface area contributed by atoms with E-state index in [1.54, 1.807) is 6.07 Å². The summed E-state index contributed by atoms with van der Waals surface area (Å²) in [5.41, 5.74) is 3.28. The Morgan fingerprint density at radius 1 is 0.880 bits per heavy atom. The molecule has 0 saturated carbocycles. The van der Waals surface area contributed by atoms with Crippen molar-refractivity contribution in [3.8, 4) is 16.9 Å². The Balaban J connectivity index is 1.75. The highest BCUT2D eigenvalue weighted by Crippen LogP contribution is 2.38. The van der Waals surface area contributed by atoms with Gasteiger partial charge < -0.3 is 4.74 Å². The molecule has 1 aliphatic carbocycles. The molecule has 0 amide bonds. The molecule has 0 atom stereocenters. The minimum Gasteiger partial charge on any atom is -0.494 e. The molecular weight excluding hydrogens is 325 g/mol. The summed E-state index contributed by atoms with van der Waals surface area (Å²) < 4.78 is 44.5. The van der Waals surface area contributed by atoms with Crippen molar-refractivity contribution >= 4 is 0 Å². The van der Waals surface area contributed by atoms with E-state index in [1.807, 2.05) is 18.2 Å². The molecule has 0 aliphatic heterocycles. The number of rotatable bonds is 6. The van der Waals surface area contributed by atoms with Gasteiger partial charge in [0.1, 0.15) is 5.75 Å². The zero-order valence-electron chi connectivity index (χ0n) is 14.5. The molecule has 0 heterocycles. The van der Waals surface area contributed by atoms with E-state index < -0.39 is 11.7 Å². The third-order valence-electron chi connectivity index (χ3n) is 4.73. The third kappa shape index (κ3) is 4.17. The fourth-order valence-electron chi connectivity index (χ4n) is 3.36. The van der Waals surface area contributed by atoms with Crippen LogP contribution in [-0.4, -0.2) is 6.61 Å². The average Bonchev–Trinajstić information content (AvgIpc) is 2.60. The van der Waals surface area contributed by atoms with E-state index in [2.05, 4.69) is 6.92 Å². The minimum absolute atomic E-state index is 0.568. The molecule has 3 rings (SSSR count). The SMILES string of the molecule is CCCCCCOc1ccc2c(c1)CCc1cc(C(F)(F)F)ccc1-2. The largest absolute Gasteiger partial charge is 0.494 e. The predicted octanol–water partition coefficient (Wildman–Crippen LogP) is 6.43. The second kappa shape index (κ2) is 7.51. The normalized spacial score (nSPS) is 13.3. The van der Waals surface area contributed by atoms with E-state index in [1.165, 1.54) is 31.4 Å². The van der Waals surface area contributed by atoms with Gasteiger partial charge in [-0.05, 0) is 65.8 Å². The first kappa shape index (κ1) is 17.8. The van der Waals surface area contributed by atoms with Crippen molar-refractivity contribution in [3.63, 3.8) is 0 Å². The quantitative estimate of drug-likeness (QED) is 0.547. The van der Waals surface area contributed by atoms with E-state index in [-0.39, 0.29) is 0 Å². The van der Waals surface area contributed by atoms with E-state index in [0.29, 0.717) is 13.0 Å². The summed E-state index contributed by atoms with van der Waals surface area (Å²) in [5, 5.41) is 0. The average molecular weight is 348 g/mol. The number of fused-ring (bicyclic) bond motifs is 3. The van der Waals surface area contributed by atoms with Gasteiger partial charge in [0, 0.05) is 0 Å². The maximum Gasteiger partial charge on any atom is 0.416 e. The molecule has 0 N–H and O–H groups in total. The van der Waals surface area contributed by atoms with Crippen LogP contribution in [0.15, 0.2) is 36.4 Å². The van der Waals surface area contributed by atoms with Gasteiger partial charge in [0.15, 0.2) is 0 Å². The second-order valence-electron chi connectivity index (χ2n) is 6.60. The van der Waals surface area contributed by atoms with Gasteiger partial charge in [-0.25, -0.2) is 0 Å². The van der Waals surface area contributed by atoms with Crippen LogP contribution in [-0.2, 0) is 19.0 Å². The summed E-state index contributed by atoms with van der Waals surface area (Å²) in [4.78, 5) is 0. The highest BCUT2D eigenvalue weighted by atomic mass is 19.4. The molecule has 0 fully saturated rings. The van der Waals surface area contributed by atoms with Crippen molar-refractivity contribution in [2.24, 2.45) is 0 Å². The summed E-state index contributed by atoms with van der Waals surface area (Å²) in [6.07, 6.45) is 1.75. The zero-order chi connectivity index (χ0) is 17.9. The van der Waals surface area contributed by atoms with Crippen LogP contribution in [0.3, 0.4) is 0 Å². The molecule has 4 heteroatoms. The van der Waals surface area contributed by atoms with Crippen LogP contribution in [0.5, 0.6) is 5.75 Å². The first-order valence-corrected chi connectivity index (χ1v) is 8.95. The summed E-state index contributed by atoms with van der Waals surface area (Å²) in [6, 6.07) is 9.99. The molecule has 25 heavy (non-hydrogen) atoms. The van der Waals surface area contributed by atoms with Crippen molar-refractivity contribution < 1.29 is 17.9 Å². The number of hydrogen-bond donors (Lipinski definition) is 0. The number of ether oxygens (including phenoxy) is 1. The van der Waals surface area contributed by atoms with Gasteiger partial charge in [0.25, 0.3) is 0 Å². The molecule has 0 unspecified atom stereocenters. The number of aryl methyl sites for hydroxylation is 2. The molecule has 0 radical (unpaired) electrons. The Kier molecular flexibility index (Phi) is 5.36. The number of alkyl halides is 3. The smallest absolute Gasteiger partial charge is 0.416 e. The first-order chi connectivity index (χ1) is 12.0. The maximum absolute atomic E-state index is 12.9. The van der Waals surface area contributed by atoms with Crippen LogP contribution in [0, 0.1) is 0 Å². The molecule has 2 aromatic carbocycles. The van der Waals surface area contributed by atoms with Crippen LogP contribution < -0.4 is 4.74 Å². The molecule has 0 saturated heterocycles. The van der Waals surface area contributed by atoms with Gasteiger partial charge in [-0.15, -0.1) is 0 Å². The fourth-order valence-corrected chi connectivity index (χ4v) is 3.36. The van der Waals surface area contributed by atoms with Crippen LogP contribution >= 0.6 is 0 Å². The van der Waals surface area contributed by atoms with Crippen molar-refractivity contribution in [1.29, 1.82) is 0 Å². The predicted molar refractivity (Wildman–Crippen MR) is 93.9 cm³/mol. The Hall–Kier alpha value is -1.97. The molecule has 0 aromatic heterocycles. The molecule has 0 bridgehead atoms. The lowest BCUT2D eigenvalue weighted by molar-refractivity contribution is -0.137. The lowest BCUT2D eigenvalue weighted by atomic mass is 9.84. The second-order valence-corrected chi connectivity index (χ2v) is 6.60. The van der Waals surface area contributed by atoms with Crippen LogP contribution in [0.25, 0.3) is 11.1 Å². The van der Waals surface area contributed by atoms with E-state index in [9.17, 15) is 13.2 Å². The Bertz CT molecular complexity index is 734. The summed E-state index contributed by atoms with van der Waals surface area (Å²) in [6.45, 7) is 2.89. The maximum atomic E-state index is 12.9. The minimum atomic E-state index is -4.29. The molecule has 1 nitrogen and oxygen atoms in total. The van der Waals surface area contributed by atoms with Crippen LogP contribution in [0.2, 0.25) is 0 Å². The van der Waals surface area contributed by atoms with Crippen molar-refractivity contribution in [1.82, 2.24) is 0 Å². The Morgan fingerprint density at radius 2 is 1.56 bits per heavy atom. The number of hydrogen-bond acceptors (Lipinski definition) is 1. The van der Waals surface area contributed by atoms with Gasteiger partial charge in [0.05, 0.1) is 12.2 Å². The van der Waals surface area contributed by atoms with Crippen molar-refractivity contribution in [2.75, 3.05) is 6.61 Å². The van der Waals surface area contributed by atoms with Gasteiger partial charge in [-0.3, -0.25) is 0 Å². The lowest BCUT2D eigenvalue weighted by Gasteiger charge is -2.22. The first-order valence-electron chi connectivity index (χ1n) is 8.95. The van der Waals surface area contributed by atoms with Gasteiger partial charge in [-0.2, -0.15) is 13.2 Å². The fraction of sp³-hybridized carbons (Fsp3) is 0.429. The molecule has 1 aliphatic rings. The summed E-state index contributed by atoms with van der Waals surface area (Å²) >= 11 is 0. The summed E-state index contributed by atoms with van der Waals surface area (Å²) in [7, 11) is 0. The molecule has 134 valence electrons. The number of benzene rings is 2. The number of halogens is 3. The van der Waals surface area contributed by atoms with E-state index >= 15 is 0 Å². The summed E-state index contributed by atoms with van der Waals surface area (Å²) in [5.74, 6) is 0.852. The highest BCUT2D eigenvalue weighted by molar-refractivity contribution is 5.74. The van der Waals surface area contributed by atoms with Crippen molar-refractivity contribution in [3.05, 3.63) is 53.1 Å². The number of unbranched alkanes of at least 4 members (excludes halogenated alkanes) is 3. The van der Waals surface area contributed by atoms with E-state index in [4.69, 9.17) is 4.74 Å². The molecular formula is C21H23F3O. The highest BCUT2D eigenvalue weighted by Gasteiger charge is 2.31. The van der Waals surface area contributed by atoms with E-state index in [0.717, 1.165) is 40.8 Å². The van der Waals surface area contributed by atoms with Crippen LogP contribution in [0.1, 0.15) is 49.3 Å². The third-order valence-corrected chi connectivity index (χ3v) is 4.73.